The van der Waals surface area contributed by atoms with Gasteiger partial charge in [0.25, 0.3) is 0 Å². The van der Waals surface area contributed by atoms with Crippen molar-refractivity contribution in [1.82, 2.24) is 30.2 Å². The first-order valence-electron chi connectivity index (χ1n) is 11.0. The number of hydrogen-bond donors (Lipinski definition) is 2. The predicted octanol–water partition coefficient (Wildman–Crippen LogP) is 1.31. The van der Waals surface area contributed by atoms with E-state index in [2.05, 4.69) is 25.2 Å². The third-order valence-electron chi connectivity index (χ3n) is 5.70. The highest BCUT2D eigenvalue weighted by Gasteiger charge is 2.36. The Morgan fingerprint density at radius 3 is 2.69 bits per heavy atom. The second-order valence-corrected chi connectivity index (χ2v) is 8.03. The molecule has 0 spiro atoms. The van der Waals surface area contributed by atoms with Crippen molar-refractivity contribution in [3.8, 4) is 17.1 Å². The van der Waals surface area contributed by atoms with Crippen molar-refractivity contribution in [2.24, 2.45) is 0 Å². The zero-order valence-corrected chi connectivity index (χ0v) is 18.5. The molecule has 2 amide bonds. The third-order valence-corrected chi connectivity index (χ3v) is 5.70. The van der Waals surface area contributed by atoms with Crippen molar-refractivity contribution < 1.29 is 14.3 Å². The van der Waals surface area contributed by atoms with E-state index in [0.29, 0.717) is 50.4 Å². The number of nitrogens with one attached hydrogen (secondary N) is 1. The van der Waals surface area contributed by atoms with Gasteiger partial charge in [0.1, 0.15) is 6.10 Å². The number of hydrogen-bond acceptors (Lipinski definition) is 9. The summed E-state index contributed by atoms with van der Waals surface area (Å²) in [6.45, 7) is 5.40. The highest BCUT2D eigenvalue weighted by Crippen LogP contribution is 2.31. The van der Waals surface area contributed by atoms with Crippen LogP contribution in [0.25, 0.3) is 11.3 Å². The van der Waals surface area contributed by atoms with Gasteiger partial charge in [-0.1, -0.05) is 6.92 Å². The Morgan fingerprint density at radius 2 is 2.00 bits per heavy atom. The number of rotatable bonds is 7. The zero-order valence-electron chi connectivity index (χ0n) is 18.5. The van der Waals surface area contributed by atoms with Crippen molar-refractivity contribution in [2.45, 2.75) is 38.3 Å². The van der Waals surface area contributed by atoms with Crippen molar-refractivity contribution in [2.75, 3.05) is 50.5 Å². The lowest BCUT2D eigenvalue weighted by atomic mass is 9.88. The first-order valence-corrected chi connectivity index (χ1v) is 11.0. The number of anilines is 2. The molecule has 1 aliphatic heterocycles. The molecule has 172 valence electrons. The molecule has 0 radical (unpaired) electrons. The minimum atomic E-state index is -0.0439. The molecule has 3 heterocycles. The lowest BCUT2D eigenvalue weighted by molar-refractivity contribution is 0.0406. The molecule has 2 aliphatic rings. The van der Waals surface area contributed by atoms with Crippen LogP contribution in [0.2, 0.25) is 0 Å². The molecule has 0 atom stereocenters. The average molecular weight is 443 g/mol. The summed E-state index contributed by atoms with van der Waals surface area (Å²) >= 11 is 0. The summed E-state index contributed by atoms with van der Waals surface area (Å²) in [5.41, 5.74) is 7.03. The van der Waals surface area contributed by atoms with Crippen LogP contribution in [-0.2, 0) is 4.74 Å². The van der Waals surface area contributed by atoms with E-state index in [1.54, 1.807) is 23.4 Å². The van der Waals surface area contributed by atoms with Crippen LogP contribution in [0.5, 0.6) is 5.88 Å². The Balaban J connectivity index is 1.46. The lowest BCUT2D eigenvalue weighted by Crippen LogP contribution is -2.52. The van der Waals surface area contributed by atoms with Crippen molar-refractivity contribution in [3.63, 3.8) is 0 Å². The van der Waals surface area contributed by atoms with Crippen LogP contribution in [0.3, 0.4) is 0 Å². The Morgan fingerprint density at radius 1 is 1.28 bits per heavy atom. The normalized spacial score (nSPS) is 20.4. The summed E-state index contributed by atoms with van der Waals surface area (Å²) in [6, 6.07) is 1.91. The first kappa shape index (κ1) is 22.0. The topological polar surface area (TPSA) is 132 Å². The van der Waals surface area contributed by atoms with Crippen LogP contribution in [0.15, 0.2) is 18.5 Å². The van der Waals surface area contributed by atoms with Crippen molar-refractivity contribution >= 4 is 17.9 Å². The second-order valence-electron chi connectivity index (χ2n) is 8.03. The minimum Gasteiger partial charge on any atom is -0.474 e. The molecule has 0 bridgehead atoms. The molecule has 2 fully saturated rings. The molecule has 0 unspecified atom stereocenters. The third kappa shape index (κ3) is 5.16. The van der Waals surface area contributed by atoms with E-state index in [-0.39, 0.29) is 24.1 Å². The van der Waals surface area contributed by atoms with Crippen molar-refractivity contribution in [1.29, 1.82) is 0 Å². The fraction of sp³-hybridized carbons (Fsp3) is 0.571. The number of aromatic nitrogens is 4. The molecule has 3 N–H and O–H groups in total. The first-order chi connectivity index (χ1) is 15.5. The Labute approximate surface area is 187 Å². The van der Waals surface area contributed by atoms with Crippen LogP contribution in [0, 0.1) is 0 Å². The maximum Gasteiger partial charge on any atom is 0.317 e. The predicted molar refractivity (Wildman–Crippen MR) is 119 cm³/mol. The molecule has 11 heteroatoms. The highest BCUT2D eigenvalue weighted by molar-refractivity contribution is 5.74. The number of morpholine rings is 1. The van der Waals surface area contributed by atoms with Gasteiger partial charge in [0.15, 0.2) is 0 Å². The van der Waals surface area contributed by atoms with E-state index in [1.807, 2.05) is 14.0 Å². The van der Waals surface area contributed by atoms with Crippen LogP contribution in [0.4, 0.5) is 16.7 Å². The Hall–Kier alpha value is -3.21. The Kier molecular flexibility index (Phi) is 6.84. The number of nitrogens with two attached hydrogens (primary N) is 1. The van der Waals surface area contributed by atoms with E-state index in [4.69, 9.17) is 20.2 Å². The smallest absolute Gasteiger partial charge is 0.317 e. The van der Waals surface area contributed by atoms with Gasteiger partial charge >= 0.3 is 6.03 Å². The van der Waals surface area contributed by atoms with Gasteiger partial charge in [0.2, 0.25) is 17.8 Å². The van der Waals surface area contributed by atoms with Gasteiger partial charge in [-0.3, -0.25) is 0 Å². The summed E-state index contributed by atoms with van der Waals surface area (Å²) in [5, 5.41) is 2.91. The van der Waals surface area contributed by atoms with Gasteiger partial charge < -0.3 is 30.3 Å². The van der Waals surface area contributed by atoms with Gasteiger partial charge in [-0.25, -0.2) is 19.7 Å². The van der Waals surface area contributed by atoms with Crippen LogP contribution < -0.4 is 20.7 Å². The molecule has 32 heavy (non-hydrogen) atoms. The molecule has 0 aromatic carbocycles. The number of amides is 2. The molecule has 1 aliphatic carbocycles. The summed E-state index contributed by atoms with van der Waals surface area (Å²) in [7, 11) is 1.83. The van der Waals surface area contributed by atoms with Crippen LogP contribution >= 0.6 is 0 Å². The van der Waals surface area contributed by atoms with E-state index in [0.717, 1.165) is 24.8 Å². The standard InChI is InChI=1S/C21H30N8O3/c1-3-4-23-21(30)28(2)15-9-16(10-15)32-18-11-17(14-12-24-19(22)25-13-14)26-20(27-18)29-5-7-31-8-6-29/h11-13,15-16H,3-10H2,1-2H3,(H,23,30)(H2,22,24,25)/t15-,16-. The monoisotopic (exact) mass is 442 g/mol. The van der Waals surface area contributed by atoms with Gasteiger partial charge in [-0.2, -0.15) is 4.98 Å². The van der Waals surface area contributed by atoms with E-state index in [9.17, 15) is 4.79 Å². The molecule has 1 saturated carbocycles. The van der Waals surface area contributed by atoms with Crippen molar-refractivity contribution in [3.05, 3.63) is 18.5 Å². The van der Waals surface area contributed by atoms with E-state index < -0.39 is 0 Å². The number of nitrogens with zero attached hydrogens (tertiary/aromatic N) is 6. The largest absolute Gasteiger partial charge is 0.474 e. The zero-order chi connectivity index (χ0) is 22.5. The maximum atomic E-state index is 12.2. The Bertz CT molecular complexity index is 914. The number of carbonyl (C=O) groups excluding carboxylic acids is 1. The number of urea groups is 1. The van der Waals surface area contributed by atoms with E-state index >= 15 is 0 Å². The quantitative estimate of drug-likeness (QED) is 0.651. The van der Waals surface area contributed by atoms with Crippen LogP contribution in [-0.4, -0.2) is 82.9 Å². The molecule has 2 aromatic heterocycles. The molecule has 4 rings (SSSR count). The molecule has 2 aromatic rings. The molecule has 1 saturated heterocycles. The minimum absolute atomic E-state index is 0.00983. The van der Waals surface area contributed by atoms with E-state index in [1.165, 1.54) is 0 Å². The van der Waals surface area contributed by atoms with Gasteiger partial charge in [0.05, 0.1) is 18.9 Å². The number of carbonyl (C=O) groups is 1. The maximum absolute atomic E-state index is 12.2. The average Bonchev–Trinajstić information content (AvgIpc) is 2.80. The van der Waals surface area contributed by atoms with Gasteiger partial charge in [-0.15, -0.1) is 0 Å². The van der Waals surface area contributed by atoms with Gasteiger partial charge in [0, 0.05) is 69.6 Å². The summed E-state index contributed by atoms with van der Waals surface area (Å²) < 4.78 is 11.6. The lowest BCUT2D eigenvalue weighted by Gasteiger charge is -2.40. The highest BCUT2D eigenvalue weighted by atomic mass is 16.5. The summed E-state index contributed by atoms with van der Waals surface area (Å²) in [4.78, 5) is 33.5. The molecular weight excluding hydrogens is 412 g/mol. The fourth-order valence-corrected chi connectivity index (χ4v) is 3.64. The molecular formula is C21H30N8O3. The summed E-state index contributed by atoms with van der Waals surface area (Å²) in [6.07, 6.45) is 5.70. The number of nitrogen functional groups attached to an aromatic ring is 1. The summed E-state index contributed by atoms with van der Waals surface area (Å²) in [5.74, 6) is 1.29. The second kappa shape index (κ2) is 9.94. The number of ether oxygens (including phenoxy) is 2. The van der Waals surface area contributed by atoms with Crippen LogP contribution in [0.1, 0.15) is 26.2 Å². The fourth-order valence-electron chi connectivity index (χ4n) is 3.64. The SMILES string of the molecule is CCCNC(=O)N(C)[C@H]1C[C@H](Oc2cc(-c3cnc(N)nc3)nc(N3CCOCC3)n2)C1. The van der Waals surface area contributed by atoms with Gasteiger partial charge in [-0.05, 0) is 6.42 Å². The molecule has 11 nitrogen and oxygen atoms in total.